The largest absolute Gasteiger partial charge is 0.469 e. The Morgan fingerprint density at radius 1 is 1.24 bits per heavy atom. The molecule has 1 aliphatic heterocycles. The molecule has 2 rings (SSSR count). The van der Waals surface area contributed by atoms with Crippen LogP contribution in [0.25, 0.3) is 0 Å². The van der Waals surface area contributed by atoms with Crippen LogP contribution in [0.5, 0.6) is 0 Å². The number of amides is 1. The predicted molar refractivity (Wildman–Crippen MR) is 74.0 cm³/mol. The van der Waals surface area contributed by atoms with Crippen molar-refractivity contribution in [1.29, 1.82) is 0 Å². The SMILES string of the molecule is COC(=O)CCN1CCN(C(=O)c2ccc(=O)oc2)CC1. The maximum atomic E-state index is 12.2. The normalized spacial score (nSPS) is 15.8. The third-order valence-corrected chi connectivity index (χ3v) is 3.47. The van der Waals surface area contributed by atoms with Crippen molar-refractivity contribution in [1.82, 2.24) is 9.80 Å². The van der Waals surface area contributed by atoms with Crippen molar-refractivity contribution in [3.05, 3.63) is 34.4 Å². The zero-order chi connectivity index (χ0) is 15.2. The summed E-state index contributed by atoms with van der Waals surface area (Å²) in [5, 5.41) is 0. The van der Waals surface area contributed by atoms with E-state index in [-0.39, 0.29) is 11.9 Å². The van der Waals surface area contributed by atoms with E-state index in [1.807, 2.05) is 0 Å². The number of rotatable bonds is 4. The van der Waals surface area contributed by atoms with Gasteiger partial charge in [0.2, 0.25) is 0 Å². The highest BCUT2D eigenvalue weighted by atomic mass is 16.5. The molecule has 0 unspecified atom stereocenters. The van der Waals surface area contributed by atoms with Gasteiger partial charge in [-0.25, -0.2) is 4.79 Å². The van der Waals surface area contributed by atoms with Gasteiger partial charge >= 0.3 is 11.6 Å². The van der Waals surface area contributed by atoms with Crippen LogP contribution in [-0.2, 0) is 9.53 Å². The van der Waals surface area contributed by atoms with E-state index in [2.05, 4.69) is 9.64 Å². The first-order valence-electron chi connectivity index (χ1n) is 6.77. The lowest BCUT2D eigenvalue weighted by molar-refractivity contribution is -0.141. The molecule has 0 N–H and O–H groups in total. The van der Waals surface area contributed by atoms with E-state index in [9.17, 15) is 14.4 Å². The zero-order valence-corrected chi connectivity index (χ0v) is 11.9. The molecule has 1 fully saturated rings. The van der Waals surface area contributed by atoms with Crippen molar-refractivity contribution >= 4 is 11.9 Å². The number of hydrogen-bond donors (Lipinski definition) is 0. The third kappa shape index (κ3) is 4.16. The monoisotopic (exact) mass is 294 g/mol. The fraction of sp³-hybridized carbons (Fsp3) is 0.500. The van der Waals surface area contributed by atoms with Gasteiger partial charge in [0.05, 0.1) is 19.1 Å². The fourth-order valence-electron chi connectivity index (χ4n) is 2.19. The number of esters is 1. The molecule has 0 spiro atoms. The topological polar surface area (TPSA) is 80.1 Å². The summed E-state index contributed by atoms with van der Waals surface area (Å²) >= 11 is 0. The van der Waals surface area contributed by atoms with Crippen molar-refractivity contribution in [2.45, 2.75) is 6.42 Å². The van der Waals surface area contributed by atoms with Gasteiger partial charge in [0.25, 0.3) is 5.91 Å². The van der Waals surface area contributed by atoms with Crippen LogP contribution >= 0.6 is 0 Å². The number of piperazine rings is 1. The molecule has 0 bridgehead atoms. The lowest BCUT2D eigenvalue weighted by Crippen LogP contribution is -2.49. The van der Waals surface area contributed by atoms with E-state index in [1.165, 1.54) is 25.5 Å². The van der Waals surface area contributed by atoms with Gasteiger partial charge in [0, 0.05) is 38.8 Å². The van der Waals surface area contributed by atoms with Gasteiger partial charge in [-0.15, -0.1) is 0 Å². The van der Waals surface area contributed by atoms with Crippen LogP contribution < -0.4 is 5.63 Å². The Bertz CT molecular complexity index is 540. The smallest absolute Gasteiger partial charge is 0.335 e. The fourth-order valence-corrected chi connectivity index (χ4v) is 2.19. The molecule has 1 aliphatic rings. The Kier molecular flexibility index (Phi) is 5.10. The van der Waals surface area contributed by atoms with Gasteiger partial charge in [-0.05, 0) is 6.07 Å². The van der Waals surface area contributed by atoms with Crippen molar-refractivity contribution in [2.24, 2.45) is 0 Å². The molecule has 7 nitrogen and oxygen atoms in total. The molecular weight excluding hydrogens is 276 g/mol. The Balaban J connectivity index is 1.83. The van der Waals surface area contributed by atoms with E-state index >= 15 is 0 Å². The Hall–Kier alpha value is -2.15. The molecular formula is C14H18N2O5. The highest BCUT2D eigenvalue weighted by molar-refractivity contribution is 5.93. The van der Waals surface area contributed by atoms with Crippen molar-refractivity contribution in [3.63, 3.8) is 0 Å². The second kappa shape index (κ2) is 7.03. The number of ether oxygens (including phenoxy) is 1. The number of nitrogens with zero attached hydrogens (tertiary/aromatic N) is 2. The summed E-state index contributed by atoms with van der Waals surface area (Å²) < 4.78 is 9.31. The Labute approximate surface area is 122 Å². The summed E-state index contributed by atoms with van der Waals surface area (Å²) in [5.74, 6) is -0.376. The maximum Gasteiger partial charge on any atom is 0.335 e. The Morgan fingerprint density at radius 3 is 2.52 bits per heavy atom. The minimum absolute atomic E-state index is 0.147. The second-order valence-electron chi connectivity index (χ2n) is 4.80. The molecule has 21 heavy (non-hydrogen) atoms. The molecule has 114 valence electrons. The van der Waals surface area contributed by atoms with Crippen LogP contribution in [0.2, 0.25) is 0 Å². The lowest BCUT2D eigenvalue weighted by atomic mass is 10.2. The summed E-state index contributed by atoms with van der Waals surface area (Å²) in [7, 11) is 1.37. The quantitative estimate of drug-likeness (QED) is 0.725. The van der Waals surface area contributed by atoms with Gasteiger partial charge in [0.15, 0.2) is 0 Å². The summed E-state index contributed by atoms with van der Waals surface area (Å²) in [6.07, 6.45) is 1.54. The molecule has 0 aliphatic carbocycles. The van der Waals surface area contributed by atoms with Gasteiger partial charge in [0.1, 0.15) is 6.26 Å². The van der Waals surface area contributed by atoms with E-state index in [0.29, 0.717) is 44.7 Å². The molecule has 0 aromatic carbocycles. The first-order chi connectivity index (χ1) is 10.1. The summed E-state index contributed by atoms with van der Waals surface area (Å²) in [6, 6.07) is 2.71. The second-order valence-corrected chi connectivity index (χ2v) is 4.80. The highest BCUT2D eigenvalue weighted by Gasteiger charge is 2.22. The molecule has 0 radical (unpaired) electrons. The highest BCUT2D eigenvalue weighted by Crippen LogP contribution is 2.08. The first-order valence-corrected chi connectivity index (χ1v) is 6.77. The summed E-state index contributed by atoms with van der Waals surface area (Å²) in [6.45, 7) is 3.21. The maximum absolute atomic E-state index is 12.2. The molecule has 1 saturated heterocycles. The molecule has 0 saturated carbocycles. The average Bonchev–Trinajstić information content (AvgIpc) is 2.53. The number of methoxy groups -OCH3 is 1. The summed E-state index contributed by atoms with van der Waals surface area (Å²) in [5.41, 5.74) is -0.100. The van der Waals surface area contributed by atoms with Gasteiger partial charge in [-0.3, -0.25) is 14.5 Å². The standard InChI is InChI=1S/C14H18N2O5/c1-20-12(17)4-5-15-6-8-16(9-7-15)14(19)11-2-3-13(18)21-10-11/h2-3,10H,4-9H2,1H3. The number of carbonyl (C=O) groups is 2. The van der Waals surface area contributed by atoms with Crippen LogP contribution in [0.15, 0.2) is 27.6 Å². The Morgan fingerprint density at radius 2 is 1.95 bits per heavy atom. The van der Waals surface area contributed by atoms with Gasteiger partial charge < -0.3 is 14.1 Å². The van der Waals surface area contributed by atoms with Crippen LogP contribution in [0.4, 0.5) is 0 Å². The molecule has 1 aromatic heterocycles. The first kappa shape index (κ1) is 15.2. The van der Waals surface area contributed by atoms with E-state index in [4.69, 9.17) is 4.42 Å². The van der Waals surface area contributed by atoms with Crippen LogP contribution in [0.1, 0.15) is 16.8 Å². The molecule has 1 amide bonds. The predicted octanol–water partition coefficient (Wildman–Crippen LogP) is -0.0393. The molecule has 7 heteroatoms. The minimum Gasteiger partial charge on any atom is -0.469 e. The van der Waals surface area contributed by atoms with Crippen molar-refractivity contribution in [2.75, 3.05) is 39.8 Å². The third-order valence-electron chi connectivity index (χ3n) is 3.47. The molecule has 2 heterocycles. The average molecular weight is 294 g/mol. The van der Waals surface area contributed by atoms with Gasteiger partial charge in [-0.1, -0.05) is 0 Å². The van der Waals surface area contributed by atoms with Crippen LogP contribution in [-0.4, -0.2) is 61.5 Å². The zero-order valence-electron chi connectivity index (χ0n) is 11.9. The van der Waals surface area contributed by atoms with Crippen molar-refractivity contribution in [3.8, 4) is 0 Å². The van der Waals surface area contributed by atoms with E-state index in [1.54, 1.807) is 4.90 Å². The minimum atomic E-state index is -0.473. The number of hydrogen-bond acceptors (Lipinski definition) is 6. The van der Waals surface area contributed by atoms with Crippen LogP contribution in [0.3, 0.4) is 0 Å². The lowest BCUT2D eigenvalue weighted by Gasteiger charge is -2.34. The van der Waals surface area contributed by atoms with E-state index in [0.717, 1.165) is 0 Å². The summed E-state index contributed by atoms with van der Waals surface area (Å²) in [4.78, 5) is 38.0. The van der Waals surface area contributed by atoms with E-state index < -0.39 is 5.63 Å². The molecule has 1 aromatic rings. The van der Waals surface area contributed by atoms with Gasteiger partial charge in [-0.2, -0.15) is 0 Å². The van der Waals surface area contributed by atoms with Crippen molar-refractivity contribution < 1.29 is 18.7 Å². The van der Waals surface area contributed by atoms with Crippen LogP contribution in [0, 0.1) is 0 Å². The molecule has 0 atom stereocenters. The number of carbonyl (C=O) groups excluding carboxylic acids is 2.